The molecule has 0 spiro atoms. The molecule has 1 fully saturated rings. The van der Waals surface area contributed by atoms with Gasteiger partial charge in [0.1, 0.15) is 22.5 Å². The molecule has 142 valence electrons. The van der Waals surface area contributed by atoms with Crippen LogP contribution in [0.25, 0.3) is 22.2 Å². The zero-order valence-electron chi connectivity index (χ0n) is 15.6. The SMILES string of the molecule is CCc1nc2c(N)ncc(-c3cnn(C4CCC(C)(F)CC4)c3)c2nc1N. The first-order valence-corrected chi connectivity index (χ1v) is 9.32. The summed E-state index contributed by atoms with van der Waals surface area (Å²) < 4.78 is 16.0. The molecule has 27 heavy (non-hydrogen) atoms. The summed E-state index contributed by atoms with van der Waals surface area (Å²) in [7, 11) is 0. The molecule has 0 aliphatic heterocycles. The average Bonchev–Trinajstić information content (AvgIpc) is 3.11. The Bertz CT molecular complexity index is 985. The van der Waals surface area contributed by atoms with Crippen molar-refractivity contribution in [1.82, 2.24) is 24.7 Å². The molecule has 0 radical (unpaired) electrons. The van der Waals surface area contributed by atoms with Crippen LogP contribution in [0.5, 0.6) is 0 Å². The molecule has 0 aromatic carbocycles. The second-order valence-electron chi connectivity index (χ2n) is 7.52. The third-order valence-corrected chi connectivity index (χ3v) is 5.45. The predicted octanol–water partition coefficient (Wildman–Crippen LogP) is 3.46. The van der Waals surface area contributed by atoms with Gasteiger partial charge >= 0.3 is 0 Å². The second-order valence-corrected chi connectivity index (χ2v) is 7.52. The first kappa shape index (κ1) is 17.6. The summed E-state index contributed by atoms with van der Waals surface area (Å²) in [5.74, 6) is 0.733. The zero-order chi connectivity index (χ0) is 19.2. The van der Waals surface area contributed by atoms with Crippen molar-refractivity contribution in [1.29, 1.82) is 0 Å². The highest BCUT2D eigenvalue weighted by Crippen LogP contribution is 2.38. The third kappa shape index (κ3) is 3.20. The first-order chi connectivity index (χ1) is 12.9. The number of hydrogen-bond donors (Lipinski definition) is 2. The lowest BCUT2D eigenvalue weighted by atomic mass is 9.85. The highest BCUT2D eigenvalue weighted by Gasteiger charge is 2.31. The van der Waals surface area contributed by atoms with Gasteiger partial charge in [-0.3, -0.25) is 4.68 Å². The van der Waals surface area contributed by atoms with Gasteiger partial charge < -0.3 is 11.5 Å². The molecular weight excluding hydrogens is 345 g/mol. The number of aromatic nitrogens is 5. The lowest BCUT2D eigenvalue weighted by Crippen LogP contribution is -2.27. The Hall–Kier alpha value is -2.77. The molecule has 3 aromatic rings. The predicted molar refractivity (Wildman–Crippen MR) is 104 cm³/mol. The van der Waals surface area contributed by atoms with Crippen LogP contribution >= 0.6 is 0 Å². The number of halogens is 1. The molecule has 1 aliphatic rings. The van der Waals surface area contributed by atoms with E-state index in [1.165, 1.54) is 0 Å². The number of fused-ring (bicyclic) bond motifs is 1. The average molecular weight is 369 g/mol. The zero-order valence-corrected chi connectivity index (χ0v) is 15.6. The van der Waals surface area contributed by atoms with Gasteiger partial charge in [-0.05, 0) is 39.0 Å². The maximum atomic E-state index is 14.1. The van der Waals surface area contributed by atoms with Crippen molar-refractivity contribution in [2.75, 3.05) is 11.5 Å². The summed E-state index contributed by atoms with van der Waals surface area (Å²) >= 11 is 0. The van der Waals surface area contributed by atoms with E-state index in [0.717, 1.165) is 24.0 Å². The second kappa shape index (κ2) is 6.44. The Morgan fingerprint density at radius 1 is 1.15 bits per heavy atom. The van der Waals surface area contributed by atoms with E-state index >= 15 is 0 Å². The number of nitrogens with two attached hydrogens (primary N) is 2. The van der Waals surface area contributed by atoms with Crippen LogP contribution in [0.15, 0.2) is 18.6 Å². The van der Waals surface area contributed by atoms with E-state index in [9.17, 15) is 4.39 Å². The van der Waals surface area contributed by atoms with E-state index in [1.807, 2.05) is 17.8 Å². The number of rotatable bonds is 3. The maximum Gasteiger partial charge on any atom is 0.151 e. The molecule has 4 N–H and O–H groups in total. The van der Waals surface area contributed by atoms with E-state index in [2.05, 4.69) is 20.1 Å². The summed E-state index contributed by atoms with van der Waals surface area (Å²) in [6.45, 7) is 3.65. The fourth-order valence-electron chi connectivity index (χ4n) is 3.72. The van der Waals surface area contributed by atoms with Crippen LogP contribution in [0.1, 0.15) is 51.3 Å². The summed E-state index contributed by atoms with van der Waals surface area (Å²) in [4.78, 5) is 13.4. The number of pyridine rings is 1. The van der Waals surface area contributed by atoms with E-state index < -0.39 is 5.67 Å². The van der Waals surface area contributed by atoms with Gasteiger partial charge in [0.2, 0.25) is 0 Å². The molecule has 1 aliphatic carbocycles. The lowest BCUT2D eigenvalue weighted by molar-refractivity contribution is 0.102. The topological polar surface area (TPSA) is 109 Å². The molecular formula is C19H24FN7. The van der Waals surface area contributed by atoms with Crippen LogP contribution in [0.2, 0.25) is 0 Å². The molecule has 1 saturated carbocycles. The molecule has 0 saturated heterocycles. The molecule has 0 unspecified atom stereocenters. The molecule has 7 nitrogen and oxygen atoms in total. The molecule has 3 aromatic heterocycles. The van der Waals surface area contributed by atoms with Gasteiger partial charge in [-0.1, -0.05) is 6.92 Å². The Morgan fingerprint density at radius 3 is 2.59 bits per heavy atom. The minimum atomic E-state index is -1.06. The van der Waals surface area contributed by atoms with E-state index in [-0.39, 0.29) is 6.04 Å². The quantitative estimate of drug-likeness (QED) is 0.732. The van der Waals surface area contributed by atoms with Gasteiger partial charge in [0.25, 0.3) is 0 Å². The van der Waals surface area contributed by atoms with Crippen molar-refractivity contribution >= 4 is 22.7 Å². The highest BCUT2D eigenvalue weighted by atomic mass is 19.1. The number of anilines is 2. The van der Waals surface area contributed by atoms with Gasteiger partial charge in [0.05, 0.1) is 17.9 Å². The van der Waals surface area contributed by atoms with Crippen molar-refractivity contribution in [2.45, 2.75) is 57.7 Å². The van der Waals surface area contributed by atoms with Gasteiger partial charge in [-0.2, -0.15) is 5.10 Å². The maximum absolute atomic E-state index is 14.1. The van der Waals surface area contributed by atoms with Crippen molar-refractivity contribution in [3.63, 3.8) is 0 Å². The Morgan fingerprint density at radius 2 is 1.89 bits per heavy atom. The lowest BCUT2D eigenvalue weighted by Gasteiger charge is -2.31. The summed E-state index contributed by atoms with van der Waals surface area (Å²) in [5.41, 5.74) is 14.6. The van der Waals surface area contributed by atoms with Crippen LogP contribution in [-0.4, -0.2) is 30.4 Å². The fourth-order valence-corrected chi connectivity index (χ4v) is 3.72. The minimum absolute atomic E-state index is 0.207. The van der Waals surface area contributed by atoms with E-state index in [0.29, 0.717) is 47.6 Å². The fraction of sp³-hybridized carbons (Fsp3) is 0.474. The third-order valence-electron chi connectivity index (χ3n) is 5.45. The number of aryl methyl sites for hydroxylation is 1. The van der Waals surface area contributed by atoms with Crippen molar-refractivity contribution in [3.8, 4) is 11.1 Å². The number of nitrogens with zero attached hydrogens (tertiary/aromatic N) is 5. The van der Waals surface area contributed by atoms with Gasteiger partial charge in [-0.15, -0.1) is 0 Å². The summed E-state index contributed by atoms with van der Waals surface area (Å²) in [6, 6.07) is 0.207. The van der Waals surface area contributed by atoms with Crippen molar-refractivity contribution < 1.29 is 4.39 Å². The normalized spacial score (nSPS) is 23.0. The van der Waals surface area contributed by atoms with Gasteiger partial charge in [0, 0.05) is 23.5 Å². The smallest absolute Gasteiger partial charge is 0.151 e. The van der Waals surface area contributed by atoms with Crippen LogP contribution in [0.4, 0.5) is 16.0 Å². The number of hydrogen-bond acceptors (Lipinski definition) is 6. The highest BCUT2D eigenvalue weighted by molar-refractivity contribution is 5.96. The largest absolute Gasteiger partial charge is 0.382 e. The monoisotopic (exact) mass is 369 g/mol. The Labute approximate surface area is 157 Å². The first-order valence-electron chi connectivity index (χ1n) is 9.32. The molecule has 4 rings (SSSR count). The van der Waals surface area contributed by atoms with Crippen molar-refractivity contribution in [2.24, 2.45) is 0 Å². The van der Waals surface area contributed by atoms with Gasteiger partial charge in [0.15, 0.2) is 5.82 Å². The van der Waals surface area contributed by atoms with E-state index in [4.69, 9.17) is 11.5 Å². The van der Waals surface area contributed by atoms with Crippen LogP contribution < -0.4 is 11.5 Å². The van der Waals surface area contributed by atoms with Crippen LogP contribution in [-0.2, 0) is 6.42 Å². The van der Waals surface area contributed by atoms with Crippen molar-refractivity contribution in [3.05, 3.63) is 24.3 Å². The number of nitrogen functional groups attached to an aromatic ring is 2. The summed E-state index contributed by atoms with van der Waals surface area (Å²) in [6.07, 6.45) is 8.76. The molecule has 8 heteroatoms. The number of alkyl halides is 1. The molecule has 0 atom stereocenters. The Kier molecular flexibility index (Phi) is 4.20. The minimum Gasteiger partial charge on any atom is -0.382 e. The Balaban J connectivity index is 1.72. The standard InChI is InChI=1S/C19H24FN7/c1-3-14-17(21)26-15-13(9-23-18(22)16(15)25-14)11-8-24-27(10-11)12-4-6-19(2,20)7-5-12/h8-10,12H,3-7H2,1-2H3,(H2,21,26)(H2,22,23). The summed E-state index contributed by atoms with van der Waals surface area (Å²) in [5, 5.41) is 4.51. The van der Waals surface area contributed by atoms with Gasteiger partial charge in [-0.25, -0.2) is 19.3 Å². The molecule has 3 heterocycles. The van der Waals surface area contributed by atoms with Crippen LogP contribution in [0.3, 0.4) is 0 Å². The van der Waals surface area contributed by atoms with Crippen LogP contribution in [0, 0.1) is 0 Å². The molecule has 0 amide bonds. The molecule has 0 bridgehead atoms. The van der Waals surface area contributed by atoms with E-state index in [1.54, 1.807) is 19.3 Å².